The fourth-order valence-corrected chi connectivity index (χ4v) is 4.17. The van der Waals surface area contributed by atoms with Crippen LogP contribution >= 0.6 is 0 Å². The van der Waals surface area contributed by atoms with Gasteiger partial charge in [0.25, 0.3) is 0 Å². The molecule has 0 unspecified atom stereocenters. The highest BCUT2D eigenvalue weighted by Crippen LogP contribution is 2.45. The summed E-state index contributed by atoms with van der Waals surface area (Å²) in [6.07, 6.45) is 6.22. The van der Waals surface area contributed by atoms with Crippen LogP contribution in [-0.4, -0.2) is 11.7 Å². The minimum Gasteiger partial charge on any atom is -0.392 e. The third-order valence-corrected chi connectivity index (χ3v) is 6.11. The van der Waals surface area contributed by atoms with Crippen LogP contribution in [0.5, 0.6) is 0 Å². The van der Waals surface area contributed by atoms with Gasteiger partial charge in [-0.3, -0.25) is 0 Å². The van der Waals surface area contributed by atoms with Gasteiger partial charge in [-0.2, -0.15) is 0 Å². The second kappa shape index (κ2) is 7.59. The molecule has 2 aromatic carbocycles. The van der Waals surface area contributed by atoms with Gasteiger partial charge >= 0.3 is 0 Å². The summed E-state index contributed by atoms with van der Waals surface area (Å²) in [4.78, 5) is 0. The Kier molecular flexibility index (Phi) is 5.58. The van der Waals surface area contributed by atoms with Crippen LogP contribution in [0.1, 0.15) is 69.2 Å². The van der Waals surface area contributed by atoms with Crippen molar-refractivity contribution < 1.29 is 9.50 Å². The monoisotopic (exact) mass is 366 g/mol. The quantitative estimate of drug-likeness (QED) is 0.669. The minimum atomic E-state index is -0.272. The van der Waals surface area contributed by atoms with E-state index in [1.165, 1.54) is 41.7 Å². The third-order valence-electron chi connectivity index (χ3n) is 6.11. The number of hydrogen-bond donors (Lipinski definition) is 1. The number of allylic oxidation sites excluding steroid dienone is 1. The lowest BCUT2D eigenvalue weighted by molar-refractivity contribution is 0.331. The van der Waals surface area contributed by atoms with Gasteiger partial charge in [-0.05, 0) is 76.5 Å². The fraction of sp³-hybridized carbons (Fsp3) is 0.440. The number of halogens is 1. The molecule has 1 aliphatic carbocycles. The second-order valence-corrected chi connectivity index (χ2v) is 9.08. The number of aliphatic hydroxyl groups is 1. The van der Waals surface area contributed by atoms with E-state index in [2.05, 4.69) is 45.9 Å². The van der Waals surface area contributed by atoms with E-state index in [9.17, 15) is 9.50 Å². The Morgan fingerprint density at radius 1 is 1.00 bits per heavy atom. The molecule has 0 aromatic heterocycles. The van der Waals surface area contributed by atoms with Gasteiger partial charge in [-0.15, -0.1) is 0 Å². The highest BCUT2D eigenvalue weighted by atomic mass is 19.1. The maximum atomic E-state index is 13.4. The Hall–Kier alpha value is -1.93. The Balaban J connectivity index is 1.79. The molecule has 1 aliphatic rings. The molecule has 0 bridgehead atoms. The van der Waals surface area contributed by atoms with Crippen molar-refractivity contribution in [3.63, 3.8) is 0 Å². The SMILES string of the molecule is CC1(C)CCC(C)(C)c2cc(CC/C=C(\CO)c3cccc(F)c3)ccc21. The summed E-state index contributed by atoms with van der Waals surface area (Å²) in [5.41, 5.74) is 6.29. The van der Waals surface area contributed by atoms with Crippen LogP contribution in [-0.2, 0) is 17.3 Å². The molecule has 0 atom stereocenters. The molecular weight excluding hydrogens is 335 g/mol. The normalized spacial score (nSPS) is 18.2. The van der Waals surface area contributed by atoms with E-state index in [4.69, 9.17) is 0 Å². The lowest BCUT2D eigenvalue weighted by Gasteiger charge is -2.42. The highest BCUT2D eigenvalue weighted by molar-refractivity contribution is 5.66. The van der Waals surface area contributed by atoms with E-state index < -0.39 is 0 Å². The standard InChI is InChI=1S/C25H31FO/c1-24(2)13-14-25(3,4)23-15-18(11-12-22(23)24)7-5-9-20(17-27)19-8-6-10-21(26)16-19/h6,8-12,15-16,27H,5,7,13-14,17H2,1-4H3/b20-9+. The second-order valence-electron chi connectivity index (χ2n) is 9.08. The lowest BCUT2D eigenvalue weighted by Crippen LogP contribution is -2.33. The average molecular weight is 367 g/mol. The number of rotatable bonds is 5. The molecule has 0 saturated carbocycles. The molecule has 0 heterocycles. The molecule has 2 aromatic rings. The summed E-state index contributed by atoms with van der Waals surface area (Å²) in [5.74, 6) is -0.272. The van der Waals surface area contributed by atoms with Crippen molar-refractivity contribution in [2.24, 2.45) is 0 Å². The number of aliphatic hydroxyl groups excluding tert-OH is 1. The van der Waals surface area contributed by atoms with Gasteiger partial charge < -0.3 is 5.11 Å². The molecule has 0 amide bonds. The van der Waals surface area contributed by atoms with Crippen LogP contribution in [0.3, 0.4) is 0 Å². The largest absolute Gasteiger partial charge is 0.392 e. The Labute approximate surface area is 162 Å². The van der Waals surface area contributed by atoms with Crippen molar-refractivity contribution >= 4 is 5.57 Å². The average Bonchev–Trinajstić information content (AvgIpc) is 2.63. The lowest BCUT2D eigenvalue weighted by atomic mass is 9.63. The van der Waals surface area contributed by atoms with E-state index in [0.717, 1.165) is 24.0 Å². The summed E-state index contributed by atoms with van der Waals surface area (Å²) in [7, 11) is 0. The van der Waals surface area contributed by atoms with Crippen molar-refractivity contribution in [3.05, 3.63) is 76.6 Å². The number of aryl methyl sites for hydroxylation is 1. The van der Waals surface area contributed by atoms with Crippen LogP contribution in [0.15, 0.2) is 48.5 Å². The van der Waals surface area contributed by atoms with Gasteiger partial charge in [0.05, 0.1) is 6.61 Å². The first-order valence-electron chi connectivity index (χ1n) is 9.93. The van der Waals surface area contributed by atoms with Gasteiger partial charge in [0.2, 0.25) is 0 Å². The molecule has 1 N–H and O–H groups in total. The first-order valence-corrected chi connectivity index (χ1v) is 9.93. The van der Waals surface area contributed by atoms with Gasteiger partial charge in [-0.25, -0.2) is 4.39 Å². The van der Waals surface area contributed by atoms with Crippen LogP contribution in [0.2, 0.25) is 0 Å². The van der Waals surface area contributed by atoms with Crippen molar-refractivity contribution in [2.75, 3.05) is 6.61 Å². The zero-order valence-electron chi connectivity index (χ0n) is 17.0. The first kappa shape index (κ1) is 19.8. The molecular formula is C25H31FO. The summed E-state index contributed by atoms with van der Waals surface area (Å²) in [6.45, 7) is 9.30. The Morgan fingerprint density at radius 3 is 2.37 bits per heavy atom. The summed E-state index contributed by atoms with van der Waals surface area (Å²) < 4.78 is 13.4. The number of benzene rings is 2. The zero-order valence-corrected chi connectivity index (χ0v) is 17.0. The summed E-state index contributed by atoms with van der Waals surface area (Å²) in [6, 6.07) is 13.4. The maximum Gasteiger partial charge on any atom is 0.123 e. The molecule has 3 rings (SSSR count). The van der Waals surface area contributed by atoms with Crippen LogP contribution in [0, 0.1) is 5.82 Å². The highest BCUT2D eigenvalue weighted by Gasteiger charge is 2.36. The topological polar surface area (TPSA) is 20.2 Å². The van der Waals surface area contributed by atoms with Gasteiger partial charge in [0.15, 0.2) is 0 Å². The fourth-order valence-electron chi connectivity index (χ4n) is 4.17. The number of fused-ring (bicyclic) bond motifs is 1. The molecule has 27 heavy (non-hydrogen) atoms. The van der Waals surface area contributed by atoms with E-state index in [1.54, 1.807) is 6.07 Å². The molecule has 0 radical (unpaired) electrons. The van der Waals surface area contributed by atoms with E-state index in [1.807, 2.05) is 12.1 Å². The predicted octanol–water partition coefficient (Wildman–Crippen LogP) is 6.18. The van der Waals surface area contributed by atoms with Crippen molar-refractivity contribution in [3.8, 4) is 0 Å². The Bertz CT molecular complexity index is 845. The van der Waals surface area contributed by atoms with Gasteiger partial charge in [-0.1, -0.05) is 64.1 Å². The Morgan fingerprint density at radius 2 is 1.70 bits per heavy atom. The van der Waals surface area contributed by atoms with Crippen molar-refractivity contribution in [1.29, 1.82) is 0 Å². The number of hydrogen-bond acceptors (Lipinski definition) is 1. The predicted molar refractivity (Wildman–Crippen MR) is 112 cm³/mol. The van der Waals surface area contributed by atoms with Crippen LogP contribution < -0.4 is 0 Å². The van der Waals surface area contributed by atoms with Gasteiger partial charge in [0, 0.05) is 0 Å². The van der Waals surface area contributed by atoms with Gasteiger partial charge in [0.1, 0.15) is 5.82 Å². The molecule has 1 nitrogen and oxygen atoms in total. The smallest absolute Gasteiger partial charge is 0.123 e. The zero-order chi connectivity index (χ0) is 19.7. The molecule has 2 heteroatoms. The van der Waals surface area contributed by atoms with Crippen LogP contribution in [0.4, 0.5) is 4.39 Å². The van der Waals surface area contributed by atoms with Crippen molar-refractivity contribution in [1.82, 2.24) is 0 Å². The minimum absolute atomic E-state index is 0.0745. The maximum absolute atomic E-state index is 13.4. The van der Waals surface area contributed by atoms with Crippen molar-refractivity contribution in [2.45, 2.75) is 64.2 Å². The first-order chi connectivity index (χ1) is 12.7. The molecule has 0 aliphatic heterocycles. The van der Waals surface area contributed by atoms with E-state index in [-0.39, 0.29) is 23.3 Å². The molecule has 0 saturated heterocycles. The summed E-state index contributed by atoms with van der Waals surface area (Å²) >= 11 is 0. The molecule has 144 valence electrons. The van der Waals surface area contributed by atoms with Crippen LogP contribution in [0.25, 0.3) is 5.57 Å². The third kappa shape index (κ3) is 4.32. The van der Waals surface area contributed by atoms with E-state index >= 15 is 0 Å². The molecule has 0 fully saturated rings. The molecule has 0 spiro atoms. The van der Waals surface area contributed by atoms with E-state index in [0.29, 0.717) is 0 Å². The summed E-state index contributed by atoms with van der Waals surface area (Å²) in [5, 5.41) is 9.66.